The zero-order valence-electron chi connectivity index (χ0n) is 10.9. The maximum absolute atomic E-state index is 13.6. The smallest absolute Gasteiger partial charge is 0.234 e. The highest BCUT2D eigenvalue weighted by Gasteiger charge is 2.06. The van der Waals surface area contributed by atoms with Crippen molar-refractivity contribution in [3.05, 3.63) is 63.9 Å². The normalized spacial score (nSPS) is 10.4. The van der Waals surface area contributed by atoms with Gasteiger partial charge in [0.1, 0.15) is 5.82 Å². The van der Waals surface area contributed by atoms with Crippen LogP contribution in [0.25, 0.3) is 0 Å². The number of carbonyl (C=O) groups is 1. The molecule has 21 heavy (non-hydrogen) atoms. The Hall–Kier alpha value is -1.23. The van der Waals surface area contributed by atoms with Crippen molar-refractivity contribution in [1.29, 1.82) is 0 Å². The van der Waals surface area contributed by atoms with Crippen LogP contribution in [-0.2, 0) is 10.5 Å². The van der Waals surface area contributed by atoms with Gasteiger partial charge < -0.3 is 5.32 Å². The number of benzene rings is 2. The first-order valence-electron chi connectivity index (χ1n) is 6.11. The summed E-state index contributed by atoms with van der Waals surface area (Å²) in [5.74, 6) is 0.127. The SMILES string of the molecule is O=C(CSCc1ccc(Cl)cc1F)Nc1cccc(Cl)c1. The number of nitrogens with one attached hydrogen (secondary N) is 1. The maximum Gasteiger partial charge on any atom is 0.234 e. The van der Waals surface area contributed by atoms with Gasteiger partial charge in [-0.1, -0.05) is 35.3 Å². The largest absolute Gasteiger partial charge is 0.325 e. The van der Waals surface area contributed by atoms with E-state index in [0.717, 1.165) is 0 Å². The Bertz CT molecular complexity index is 651. The van der Waals surface area contributed by atoms with Crippen molar-refractivity contribution < 1.29 is 9.18 Å². The van der Waals surface area contributed by atoms with Crippen LogP contribution >= 0.6 is 35.0 Å². The lowest BCUT2D eigenvalue weighted by molar-refractivity contribution is -0.113. The molecule has 0 heterocycles. The zero-order valence-corrected chi connectivity index (χ0v) is 13.2. The molecule has 0 bridgehead atoms. The minimum Gasteiger partial charge on any atom is -0.325 e. The average Bonchev–Trinajstić information content (AvgIpc) is 2.41. The molecule has 0 radical (unpaired) electrons. The molecular formula is C15H12Cl2FNOS. The van der Waals surface area contributed by atoms with Gasteiger partial charge in [-0.25, -0.2) is 4.39 Å². The molecule has 0 aromatic heterocycles. The molecule has 0 fully saturated rings. The lowest BCUT2D eigenvalue weighted by Crippen LogP contribution is -2.14. The number of halogens is 3. The molecule has 0 aliphatic carbocycles. The van der Waals surface area contributed by atoms with Gasteiger partial charge in [-0.2, -0.15) is 0 Å². The zero-order chi connectivity index (χ0) is 15.2. The molecule has 1 N–H and O–H groups in total. The molecule has 2 aromatic rings. The number of amides is 1. The number of hydrogen-bond donors (Lipinski definition) is 1. The van der Waals surface area contributed by atoms with Gasteiger partial charge in [-0.05, 0) is 35.9 Å². The summed E-state index contributed by atoms with van der Waals surface area (Å²) in [6.45, 7) is 0. The van der Waals surface area contributed by atoms with Gasteiger partial charge in [-0.3, -0.25) is 4.79 Å². The molecule has 0 aliphatic heterocycles. The molecule has 2 rings (SSSR count). The van der Waals surface area contributed by atoms with Gasteiger partial charge in [0.15, 0.2) is 0 Å². The van der Waals surface area contributed by atoms with Crippen molar-refractivity contribution >= 4 is 46.6 Å². The van der Waals surface area contributed by atoms with Crippen LogP contribution in [0.3, 0.4) is 0 Å². The van der Waals surface area contributed by atoms with Gasteiger partial charge >= 0.3 is 0 Å². The number of carbonyl (C=O) groups excluding carboxylic acids is 1. The summed E-state index contributed by atoms with van der Waals surface area (Å²) in [7, 11) is 0. The number of hydrogen-bond acceptors (Lipinski definition) is 2. The lowest BCUT2D eigenvalue weighted by Gasteiger charge is -2.06. The van der Waals surface area contributed by atoms with E-state index in [1.165, 1.54) is 17.8 Å². The first-order valence-corrected chi connectivity index (χ1v) is 8.03. The van der Waals surface area contributed by atoms with Gasteiger partial charge in [0, 0.05) is 21.5 Å². The Balaban J connectivity index is 1.81. The predicted molar refractivity (Wildman–Crippen MR) is 87.7 cm³/mol. The molecule has 6 heteroatoms. The predicted octanol–water partition coefficient (Wildman–Crippen LogP) is 5.00. The Kier molecular flexibility index (Phi) is 5.91. The molecule has 2 aromatic carbocycles. The van der Waals surface area contributed by atoms with Crippen LogP contribution in [0.15, 0.2) is 42.5 Å². The van der Waals surface area contributed by atoms with E-state index in [2.05, 4.69) is 5.32 Å². The van der Waals surface area contributed by atoms with E-state index < -0.39 is 0 Å². The second-order valence-electron chi connectivity index (χ2n) is 4.29. The monoisotopic (exact) mass is 343 g/mol. The van der Waals surface area contributed by atoms with Crippen LogP contribution in [0, 0.1) is 5.82 Å². The summed E-state index contributed by atoms with van der Waals surface area (Å²) >= 11 is 12.8. The minimum absolute atomic E-state index is 0.156. The van der Waals surface area contributed by atoms with E-state index in [-0.39, 0.29) is 17.5 Å². The molecule has 0 saturated heterocycles. The Morgan fingerprint density at radius 2 is 1.90 bits per heavy atom. The summed E-state index contributed by atoms with van der Waals surface area (Å²) < 4.78 is 13.6. The lowest BCUT2D eigenvalue weighted by atomic mass is 10.2. The quantitative estimate of drug-likeness (QED) is 0.827. The van der Waals surface area contributed by atoms with Gasteiger partial charge in [0.05, 0.1) is 5.75 Å². The molecule has 0 unspecified atom stereocenters. The van der Waals surface area contributed by atoms with Gasteiger partial charge in [0.25, 0.3) is 0 Å². The van der Waals surface area contributed by atoms with Crippen LogP contribution in [0.2, 0.25) is 10.0 Å². The van der Waals surface area contributed by atoms with Crippen LogP contribution in [-0.4, -0.2) is 11.7 Å². The highest BCUT2D eigenvalue weighted by Crippen LogP contribution is 2.20. The first-order chi connectivity index (χ1) is 10.0. The number of rotatable bonds is 5. The van der Waals surface area contributed by atoms with Crippen molar-refractivity contribution in [1.82, 2.24) is 0 Å². The van der Waals surface area contributed by atoms with Crippen molar-refractivity contribution in [2.45, 2.75) is 5.75 Å². The summed E-state index contributed by atoms with van der Waals surface area (Å²) in [5.41, 5.74) is 1.17. The molecule has 1 amide bonds. The summed E-state index contributed by atoms with van der Waals surface area (Å²) in [4.78, 5) is 11.8. The van der Waals surface area contributed by atoms with Crippen molar-refractivity contribution in [2.24, 2.45) is 0 Å². The molecule has 0 aliphatic rings. The fourth-order valence-corrected chi connectivity index (χ4v) is 2.82. The Labute approximate surface area is 136 Å². The van der Waals surface area contributed by atoms with Crippen molar-refractivity contribution in [2.75, 3.05) is 11.1 Å². The van der Waals surface area contributed by atoms with E-state index >= 15 is 0 Å². The molecule has 0 spiro atoms. The van der Waals surface area contributed by atoms with E-state index in [0.29, 0.717) is 27.0 Å². The average molecular weight is 344 g/mol. The highest BCUT2D eigenvalue weighted by molar-refractivity contribution is 7.99. The fourth-order valence-electron chi connectivity index (χ4n) is 1.66. The second kappa shape index (κ2) is 7.69. The number of anilines is 1. The third kappa shape index (κ3) is 5.23. The Morgan fingerprint density at radius 3 is 2.62 bits per heavy atom. The van der Waals surface area contributed by atoms with E-state index in [9.17, 15) is 9.18 Å². The Morgan fingerprint density at radius 1 is 1.14 bits per heavy atom. The number of thioether (sulfide) groups is 1. The fraction of sp³-hybridized carbons (Fsp3) is 0.133. The molecule has 0 atom stereocenters. The minimum atomic E-state index is -0.356. The van der Waals surface area contributed by atoms with Gasteiger partial charge in [0.2, 0.25) is 5.91 Å². The van der Waals surface area contributed by atoms with Gasteiger partial charge in [-0.15, -0.1) is 11.8 Å². The van der Waals surface area contributed by atoms with Crippen LogP contribution in [0.4, 0.5) is 10.1 Å². The van der Waals surface area contributed by atoms with Crippen LogP contribution in [0.1, 0.15) is 5.56 Å². The standard InChI is InChI=1S/C15H12Cl2FNOS/c16-11-2-1-3-13(6-11)19-15(20)9-21-8-10-4-5-12(17)7-14(10)18/h1-7H,8-9H2,(H,19,20). The molecular weight excluding hydrogens is 332 g/mol. The third-order valence-corrected chi connectivity index (χ3v) is 4.07. The summed E-state index contributed by atoms with van der Waals surface area (Å²) in [6.07, 6.45) is 0. The van der Waals surface area contributed by atoms with E-state index in [1.54, 1.807) is 36.4 Å². The van der Waals surface area contributed by atoms with Crippen LogP contribution in [0.5, 0.6) is 0 Å². The third-order valence-electron chi connectivity index (χ3n) is 2.61. The molecule has 2 nitrogen and oxygen atoms in total. The van der Waals surface area contributed by atoms with Crippen LogP contribution < -0.4 is 5.32 Å². The first kappa shape index (κ1) is 16.1. The van der Waals surface area contributed by atoms with E-state index in [1.807, 2.05) is 0 Å². The highest BCUT2D eigenvalue weighted by atomic mass is 35.5. The van der Waals surface area contributed by atoms with Crippen molar-refractivity contribution in [3.63, 3.8) is 0 Å². The molecule has 110 valence electrons. The second-order valence-corrected chi connectivity index (χ2v) is 6.15. The molecule has 0 saturated carbocycles. The maximum atomic E-state index is 13.6. The van der Waals surface area contributed by atoms with Crippen molar-refractivity contribution in [3.8, 4) is 0 Å². The summed E-state index contributed by atoms with van der Waals surface area (Å²) in [6, 6.07) is 11.4. The van der Waals surface area contributed by atoms with E-state index in [4.69, 9.17) is 23.2 Å². The summed E-state index contributed by atoms with van der Waals surface area (Å²) in [5, 5.41) is 3.65. The topological polar surface area (TPSA) is 29.1 Å².